The first-order chi connectivity index (χ1) is 11.3. The van der Waals surface area contributed by atoms with Crippen molar-refractivity contribution < 1.29 is 4.74 Å². The quantitative estimate of drug-likeness (QED) is 0.870. The highest BCUT2D eigenvalue weighted by Gasteiger charge is 2.48. The Kier molecular flexibility index (Phi) is 3.08. The van der Waals surface area contributed by atoms with Crippen LogP contribution in [0.4, 0.5) is 0 Å². The van der Waals surface area contributed by atoms with Crippen molar-refractivity contribution >= 4 is 0 Å². The van der Waals surface area contributed by atoms with E-state index >= 15 is 0 Å². The van der Waals surface area contributed by atoms with Gasteiger partial charge in [-0.2, -0.15) is 0 Å². The summed E-state index contributed by atoms with van der Waals surface area (Å²) in [6.45, 7) is 3.69. The fourth-order valence-corrected chi connectivity index (χ4v) is 4.78. The Morgan fingerprint density at radius 3 is 2.52 bits per heavy atom. The number of piperidine rings is 3. The molecule has 2 unspecified atom stereocenters. The summed E-state index contributed by atoms with van der Waals surface area (Å²) in [5.41, 5.74) is 1.94. The Balaban J connectivity index is 1.39. The van der Waals surface area contributed by atoms with Gasteiger partial charge in [-0.25, -0.2) is 9.97 Å². The summed E-state index contributed by atoms with van der Waals surface area (Å²) >= 11 is 0. The molecular formula is C18H20N4O. The van der Waals surface area contributed by atoms with Gasteiger partial charge < -0.3 is 9.64 Å². The number of pyridine rings is 1. The lowest BCUT2D eigenvalue weighted by Gasteiger charge is -2.55. The Morgan fingerprint density at radius 1 is 1.00 bits per heavy atom. The molecule has 4 aliphatic rings. The predicted octanol–water partition coefficient (Wildman–Crippen LogP) is 2.26. The first-order valence-corrected chi connectivity index (χ1v) is 8.46. The van der Waals surface area contributed by atoms with Crippen LogP contribution in [-0.2, 0) is 0 Å². The zero-order valence-electron chi connectivity index (χ0n) is 13.0. The van der Waals surface area contributed by atoms with E-state index in [2.05, 4.69) is 19.9 Å². The topological polar surface area (TPSA) is 51.1 Å². The van der Waals surface area contributed by atoms with E-state index in [0.717, 1.165) is 17.2 Å². The van der Waals surface area contributed by atoms with E-state index in [1.165, 1.54) is 32.5 Å². The van der Waals surface area contributed by atoms with Crippen molar-refractivity contribution in [1.29, 1.82) is 0 Å². The van der Waals surface area contributed by atoms with E-state index in [4.69, 9.17) is 4.74 Å². The second-order valence-electron chi connectivity index (χ2n) is 7.14. The van der Waals surface area contributed by atoms with Gasteiger partial charge in [0, 0.05) is 55.5 Å². The van der Waals surface area contributed by atoms with Gasteiger partial charge in [0.15, 0.2) is 0 Å². The number of aromatic nitrogens is 3. The number of hydrogen-bond acceptors (Lipinski definition) is 5. The number of nitrogens with zero attached hydrogens (tertiary/aromatic N) is 4. The molecule has 5 heteroatoms. The maximum Gasteiger partial charge on any atom is 0.217 e. The van der Waals surface area contributed by atoms with E-state index < -0.39 is 0 Å². The second kappa shape index (κ2) is 5.27. The highest BCUT2D eigenvalue weighted by Crippen LogP contribution is 2.44. The first-order valence-electron chi connectivity index (χ1n) is 8.46. The lowest BCUT2D eigenvalue weighted by atomic mass is 9.66. The molecule has 0 amide bonds. The molecule has 2 atom stereocenters. The molecular weight excluding hydrogens is 288 g/mol. The molecule has 2 aromatic rings. The smallest absolute Gasteiger partial charge is 0.217 e. The molecule has 0 spiro atoms. The molecule has 23 heavy (non-hydrogen) atoms. The minimum absolute atomic E-state index is 0.322. The molecule has 2 aromatic heterocycles. The van der Waals surface area contributed by atoms with Gasteiger partial charge in [0.1, 0.15) is 12.4 Å². The average Bonchev–Trinajstić information content (AvgIpc) is 2.59. The van der Waals surface area contributed by atoms with Crippen LogP contribution in [0.3, 0.4) is 0 Å². The summed E-state index contributed by atoms with van der Waals surface area (Å²) in [5.74, 6) is 2.94. The highest BCUT2D eigenvalue weighted by atomic mass is 16.5. The maximum absolute atomic E-state index is 6.36. The molecule has 1 saturated carbocycles. The van der Waals surface area contributed by atoms with Crippen LogP contribution in [0.15, 0.2) is 36.9 Å². The molecule has 4 fully saturated rings. The standard InChI is InChI=1S/C18H20N4O/c1-3-19-4-2-13(1)16-7-17(21-11-20-16)23-18-14-5-12-6-15(18)10-22(8-12)9-14/h1-4,7,11-12,14-15,18H,5-6,8-10H2. The molecule has 1 aliphatic carbocycles. The van der Waals surface area contributed by atoms with Crippen molar-refractivity contribution in [1.82, 2.24) is 19.9 Å². The fourth-order valence-electron chi connectivity index (χ4n) is 4.78. The first kappa shape index (κ1) is 13.4. The average molecular weight is 308 g/mol. The maximum atomic E-state index is 6.36. The normalized spacial score (nSPS) is 34.5. The zero-order chi connectivity index (χ0) is 15.2. The molecule has 6 rings (SSSR count). The van der Waals surface area contributed by atoms with Gasteiger partial charge in [-0.3, -0.25) is 4.98 Å². The zero-order valence-corrected chi connectivity index (χ0v) is 13.0. The molecule has 0 N–H and O–H groups in total. The monoisotopic (exact) mass is 308 g/mol. The van der Waals surface area contributed by atoms with Crippen LogP contribution < -0.4 is 4.74 Å². The van der Waals surface area contributed by atoms with Gasteiger partial charge in [-0.1, -0.05) is 0 Å². The summed E-state index contributed by atoms with van der Waals surface area (Å²) in [6.07, 6.45) is 8.13. The molecule has 4 bridgehead atoms. The Hall–Kier alpha value is -2.01. The summed E-state index contributed by atoms with van der Waals surface area (Å²) in [5, 5.41) is 0. The third-order valence-corrected chi connectivity index (χ3v) is 5.58. The molecule has 0 aromatic carbocycles. The van der Waals surface area contributed by atoms with Gasteiger partial charge in [-0.15, -0.1) is 0 Å². The number of rotatable bonds is 3. The molecule has 5 heterocycles. The molecule has 3 aliphatic heterocycles. The minimum Gasteiger partial charge on any atom is -0.474 e. The van der Waals surface area contributed by atoms with E-state index in [0.29, 0.717) is 23.8 Å². The Bertz CT molecular complexity index is 677. The van der Waals surface area contributed by atoms with Gasteiger partial charge >= 0.3 is 0 Å². The minimum atomic E-state index is 0.322. The Labute approximate surface area is 135 Å². The van der Waals surface area contributed by atoms with Crippen LogP contribution in [-0.4, -0.2) is 45.6 Å². The van der Waals surface area contributed by atoms with E-state index in [9.17, 15) is 0 Å². The highest BCUT2D eigenvalue weighted by molar-refractivity contribution is 5.58. The SMILES string of the molecule is c1cc(-c2cc(OC3C4CC5CC3CN(C5)C4)ncn2)ccn1. The lowest BCUT2D eigenvalue weighted by molar-refractivity contribution is -0.0997. The summed E-state index contributed by atoms with van der Waals surface area (Å²) in [6, 6.07) is 5.88. The van der Waals surface area contributed by atoms with Crippen LogP contribution in [0.1, 0.15) is 12.8 Å². The lowest BCUT2D eigenvalue weighted by Crippen LogP contribution is -2.61. The number of ether oxygens (including phenoxy) is 1. The van der Waals surface area contributed by atoms with Crippen LogP contribution in [0, 0.1) is 17.8 Å². The van der Waals surface area contributed by atoms with Gasteiger partial charge in [0.05, 0.1) is 5.69 Å². The fraction of sp³-hybridized carbons (Fsp3) is 0.500. The van der Waals surface area contributed by atoms with Crippen LogP contribution in [0.2, 0.25) is 0 Å². The molecule has 0 radical (unpaired) electrons. The molecule has 118 valence electrons. The Morgan fingerprint density at radius 2 is 1.78 bits per heavy atom. The van der Waals surface area contributed by atoms with Crippen molar-refractivity contribution in [3.63, 3.8) is 0 Å². The van der Waals surface area contributed by atoms with Gasteiger partial charge in [0.2, 0.25) is 5.88 Å². The molecule has 3 saturated heterocycles. The van der Waals surface area contributed by atoms with Crippen molar-refractivity contribution in [2.24, 2.45) is 17.8 Å². The van der Waals surface area contributed by atoms with Gasteiger partial charge in [0.25, 0.3) is 0 Å². The van der Waals surface area contributed by atoms with Crippen molar-refractivity contribution in [2.75, 3.05) is 19.6 Å². The third-order valence-electron chi connectivity index (χ3n) is 5.58. The summed E-state index contributed by atoms with van der Waals surface area (Å²) in [7, 11) is 0. The predicted molar refractivity (Wildman–Crippen MR) is 85.8 cm³/mol. The summed E-state index contributed by atoms with van der Waals surface area (Å²) in [4.78, 5) is 15.4. The van der Waals surface area contributed by atoms with Crippen LogP contribution in [0.25, 0.3) is 11.3 Å². The second-order valence-corrected chi connectivity index (χ2v) is 7.14. The van der Waals surface area contributed by atoms with Crippen LogP contribution >= 0.6 is 0 Å². The number of hydrogen-bond donors (Lipinski definition) is 0. The van der Waals surface area contributed by atoms with E-state index in [1.807, 2.05) is 18.2 Å². The van der Waals surface area contributed by atoms with Gasteiger partial charge in [-0.05, 0) is 30.9 Å². The molecule has 5 nitrogen and oxygen atoms in total. The van der Waals surface area contributed by atoms with Crippen molar-refractivity contribution in [2.45, 2.75) is 18.9 Å². The van der Waals surface area contributed by atoms with Crippen molar-refractivity contribution in [3.05, 3.63) is 36.9 Å². The van der Waals surface area contributed by atoms with E-state index in [-0.39, 0.29) is 0 Å². The third kappa shape index (κ3) is 2.39. The van der Waals surface area contributed by atoms with Crippen molar-refractivity contribution in [3.8, 4) is 17.1 Å². The largest absolute Gasteiger partial charge is 0.474 e. The van der Waals surface area contributed by atoms with E-state index in [1.54, 1.807) is 18.7 Å². The summed E-state index contributed by atoms with van der Waals surface area (Å²) < 4.78 is 6.36. The van der Waals surface area contributed by atoms with Crippen LogP contribution in [0.5, 0.6) is 5.88 Å².